The number of hydrogen-bond acceptors (Lipinski definition) is 2. The molecule has 0 unspecified atom stereocenters. The third-order valence-corrected chi connectivity index (χ3v) is 3.32. The molecule has 2 aromatic rings. The lowest BCUT2D eigenvalue weighted by atomic mass is 10.1. The Hall–Kier alpha value is -1.29. The van der Waals surface area contributed by atoms with E-state index in [1.54, 1.807) is 25.1 Å². The third-order valence-electron chi connectivity index (χ3n) is 2.58. The van der Waals surface area contributed by atoms with E-state index >= 15 is 0 Å². The second-order valence-electron chi connectivity index (χ2n) is 4.15. The Kier molecular flexibility index (Phi) is 4.30. The van der Waals surface area contributed by atoms with Crippen LogP contribution in [0.2, 0.25) is 10.0 Å². The van der Waals surface area contributed by atoms with Gasteiger partial charge in [0.1, 0.15) is 17.3 Å². The van der Waals surface area contributed by atoms with Crippen LogP contribution in [0.25, 0.3) is 0 Å². The normalized spacial score (nSPS) is 12.3. The zero-order valence-electron chi connectivity index (χ0n) is 10.2. The first-order chi connectivity index (χ1) is 8.97. The van der Waals surface area contributed by atoms with Gasteiger partial charge in [0, 0.05) is 17.7 Å². The first-order valence-corrected chi connectivity index (χ1v) is 6.41. The second kappa shape index (κ2) is 5.78. The van der Waals surface area contributed by atoms with Crippen LogP contribution in [0.5, 0.6) is 11.5 Å². The molecule has 2 N–H and O–H groups in total. The Labute approximate surface area is 120 Å². The van der Waals surface area contributed by atoms with E-state index in [-0.39, 0.29) is 11.9 Å². The average molecular weight is 300 g/mol. The van der Waals surface area contributed by atoms with E-state index in [2.05, 4.69) is 0 Å². The van der Waals surface area contributed by atoms with Crippen LogP contribution in [0.3, 0.4) is 0 Å². The third kappa shape index (κ3) is 3.38. The van der Waals surface area contributed by atoms with Crippen LogP contribution in [0.4, 0.5) is 4.39 Å². The molecule has 0 saturated carbocycles. The molecule has 0 aromatic heterocycles. The van der Waals surface area contributed by atoms with Gasteiger partial charge in [0.25, 0.3) is 0 Å². The van der Waals surface area contributed by atoms with Crippen molar-refractivity contribution in [3.63, 3.8) is 0 Å². The van der Waals surface area contributed by atoms with Crippen molar-refractivity contribution in [2.75, 3.05) is 0 Å². The van der Waals surface area contributed by atoms with Gasteiger partial charge in [0.15, 0.2) is 0 Å². The van der Waals surface area contributed by atoms with E-state index in [0.717, 1.165) is 0 Å². The summed E-state index contributed by atoms with van der Waals surface area (Å²) in [5.41, 5.74) is 6.39. The van der Waals surface area contributed by atoms with Crippen LogP contribution >= 0.6 is 23.2 Å². The van der Waals surface area contributed by atoms with Crippen molar-refractivity contribution in [1.82, 2.24) is 0 Å². The average Bonchev–Trinajstić information content (AvgIpc) is 2.36. The molecule has 0 heterocycles. The summed E-state index contributed by atoms with van der Waals surface area (Å²) in [5, 5.41) is 0.837. The molecule has 0 aliphatic carbocycles. The van der Waals surface area contributed by atoms with E-state index in [0.29, 0.717) is 27.1 Å². The Bertz CT molecular complexity index is 602. The molecule has 100 valence electrons. The summed E-state index contributed by atoms with van der Waals surface area (Å²) in [7, 11) is 0. The molecule has 0 bridgehead atoms. The zero-order valence-corrected chi connectivity index (χ0v) is 11.7. The molecule has 0 aliphatic heterocycles. The summed E-state index contributed by atoms with van der Waals surface area (Å²) in [4.78, 5) is 0. The summed E-state index contributed by atoms with van der Waals surface area (Å²) >= 11 is 11.7. The number of ether oxygens (including phenoxy) is 1. The maximum atomic E-state index is 13.2. The zero-order chi connectivity index (χ0) is 14.0. The van der Waals surface area contributed by atoms with E-state index in [1.165, 1.54) is 18.2 Å². The van der Waals surface area contributed by atoms with Crippen LogP contribution < -0.4 is 10.5 Å². The Balaban J connectivity index is 2.35. The highest BCUT2D eigenvalue weighted by molar-refractivity contribution is 6.42. The molecule has 2 nitrogen and oxygen atoms in total. The van der Waals surface area contributed by atoms with Crippen LogP contribution in [-0.2, 0) is 0 Å². The van der Waals surface area contributed by atoms with Gasteiger partial charge in [-0.3, -0.25) is 0 Å². The van der Waals surface area contributed by atoms with Crippen LogP contribution in [-0.4, -0.2) is 0 Å². The van der Waals surface area contributed by atoms with Crippen LogP contribution in [0, 0.1) is 5.82 Å². The van der Waals surface area contributed by atoms with Gasteiger partial charge >= 0.3 is 0 Å². The van der Waals surface area contributed by atoms with Gasteiger partial charge in [-0.2, -0.15) is 0 Å². The summed E-state index contributed by atoms with van der Waals surface area (Å²) in [6, 6.07) is 8.79. The smallest absolute Gasteiger partial charge is 0.132 e. The number of benzene rings is 2. The summed E-state index contributed by atoms with van der Waals surface area (Å²) < 4.78 is 18.9. The quantitative estimate of drug-likeness (QED) is 0.871. The van der Waals surface area contributed by atoms with Gasteiger partial charge in [0.2, 0.25) is 0 Å². The molecule has 19 heavy (non-hydrogen) atoms. The molecule has 0 spiro atoms. The predicted molar refractivity (Wildman–Crippen MR) is 75.5 cm³/mol. The van der Waals surface area contributed by atoms with E-state index in [1.807, 2.05) is 0 Å². The van der Waals surface area contributed by atoms with E-state index < -0.39 is 0 Å². The fourth-order valence-electron chi connectivity index (χ4n) is 1.64. The van der Waals surface area contributed by atoms with Gasteiger partial charge in [-0.25, -0.2) is 4.39 Å². The molecule has 1 atom stereocenters. The van der Waals surface area contributed by atoms with Crippen LogP contribution in [0.15, 0.2) is 36.4 Å². The first-order valence-electron chi connectivity index (χ1n) is 5.65. The molecule has 2 rings (SSSR count). The Morgan fingerprint density at radius 3 is 2.47 bits per heavy atom. The highest BCUT2D eigenvalue weighted by Crippen LogP contribution is 2.32. The fourth-order valence-corrected chi connectivity index (χ4v) is 1.92. The number of halogens is 3. The molecular weight excluding hydrogens is 288 g/mol. The maximum Gasteiger partial charge on any atom is 0.132 e. The Morgan fingerprint density at radius 2 is 1.84 bits per heavy atom. The van der Waals surface area contributed by atoms with Gasteiger partial charge in [0.05, 0.1) is 10.0 Å². The minimum atomic E-state index is -0.353. The van der Waals surface area contributed by atoms with Crippen molar-refractivity contribution in [3.8, 4) is 11.5 Å². The highest BCUT2D eigenvalue weighted by atomic mass is 35.5. The van der Waals surface area contributed by atoms with Crippen molar-refractivity contribution < 1.29 is 9.13 Å². The summed E-state index contributed by atoms with van der Waals surface area (Å²) in [5.74, 6) is 0.659. The predicted octanol–water partition coefficient (Wildman–Crippen LogP) is 4.94. The van der Waals surface area contributed by atoms with Gasteiger partial charge in [-0.1, -0.05) is 23.2 Å². The number of rotatable bonds is 3. The standard InChI is InChI=1S/C14H12Cl2FNO/c1-8(18)11-6-9(17)2-5-14(11)19-10-3-4-12(15)13(16)7-10/h2-8H,18H2,1H3/t8-/m0/s1. The largest absolute Gasteiger partial charge is 0.457 e. The molecule has 0 radical (unpaired) electrons. The summed E-state index contributed by atoms with van der Waals surface area (Å²) in [6.07, 6.45) is 0. The van der Waals surface area contributed by atoms with Crippen LogP contribution in [0.1, 0.15) is 18.5 Å². The van der Waals surface area contributed by atoms with Gasteiger partial charge < -0.3 is 10.5 Å². The molecule has 0 amide bonds. The lowest BCUT2D eigenvalue weighted by Gasteiger charge is -2.14. The second-order valence-corrected chi connectivity index (χ2v) is 4.96. The van der Waals surface area contributed by atoms with E-state index in [4.69, 9.17) is 33.7 Å². The van der Waals surface area contributed by atoms with E-state index in [9.17, 15) is 4.39 Å². The van der Waals surface area contributed by atoms with Gasteiger partial charge in [-0.05, 0) is 37.3 Å². The maximum absolute atomic E-state index is 13.2. The monoisotopic (exact) mass is 299 g/mol. The molecule has 2 aromatic carbocycles. The lowest BCUT2D eigenvalue weighted by molar-refractivity contribution is 0.469. The lowest BCUT2D eigenvalue weighted by Crippen LogP contribution is -2.07. The fraction of sp³-hybridized carbons (Fsp3) is 0.143. The van der Waals surface area contributed by atoms with Crippen molar-refractivity contribution in [1.29, 1.82) is 0 Å². The highest BCUT2D eigenvalue weighted by Gasteiger charge is 2.11. The Morgan fingerprint density at radius 1 is 1.11 bits per heavy atom. The molecule has 0 aliphatic rings. The number of nitrogens with two attached hydrogens (primary N) is 1. The first kappa shape index (κ1) is 14.1. The summed E-state index contributed by atoms with van der Waals surface area (Å²) in [6.45, 7) is 1.76. The molecule has 5 heteroatoms. The SMILES string of the molecule is C[C@H](N)c1cc(F)ccc1Oc1ccc(Cl)c(Cl)c1. The molecule has 0 fully saturated rings. The van der Waals surface area contributed by atoms with Gasteiger partial charge in [-0.15, -0.1) is 0 Å². The van der Waals surface area contributed by atoms with Crippen molar-refractivity contribution in [2.24, 2.45) is 5.73 Å². The van der Waals surface area contributed by atoms with Crippen molar-refractivity contribution in [2.45, 2.75) is 13.0 Å². The minimum Gasteiger partial charge on any atom is -0.457 e. The molecule has 0 saturated heterocycles. The topological polar surface area (TPSA) is 35.2 Å². The number of hydrogen-bond donors (Lipinski definition) is 1. The van der Waals surface area contributed by atoms with Crippen molar-refractivity contribution in [3.05, 3.63) is 57.8 Å². The molecular formula is C14H12Cl2FNO. The minimum absolute atomic E-state index is 0.339. The van der Waals surface area contributed by atoms with Crippen molar-refractivity contribution >= 4 is 23.2 Å².